The van der Waals surface area contributed by atoms with E-state index >= 15 is 0 Å². The summed E-state index contributed by atoms with van der Waals surface area (Å²) in [5, 5.41) is 0. The van der Waals surface area contributed by atoms with Crippen LogP contribution in [0.25, 0.3) is 0 Å². The first-order valence-electron chi connectivity index (χ1n) is 8.50. The lowest BCUT2D eigenvalue weighted by atomic mass is 9.86. The topological polar surface area (TPSA) is 0 Å². The van der Waals surface area contributed by atoms with Gasteiger partial charge in [-0.1, -0.05) is 45.1 Å². The van der Waals surface area contributed by atoms with E-state index in [-0.39, 0.29) is 0 Å². The van der Waals surface area contributed by atoms with Gasteiger partial charge >= 0.3 is 0 Å². The normalized spacial score (nSPS) is 45.1. The maximum atomic E-state index is 2.46. The van der Waals surface area contributed by atoms with E-state index in [9.17, 15) is 0 Å². The minimum atomic E-state index is 0.896. The molecule has 0 radical (unpaired) electrons. The van der Waals surface area contributed by atoms with Crippen LogP contribution < -0.4 is 0 Å². The van der Waals surface area contributed by atoms with E-state index in [0.717, 1.165) is 41.4 Å². The summed E-state index contributed by atoms with van der Waals surface area (Å²) in [5.41, 5.74) is 0. The average molecular weight is 258 g/mol. The molecule has 0 nitrogen and oxygen atoms in total. The summed E-state index contributed by atoms with van der Waals surface area (Å²) in [6.45, 7) is 7.06. The van der Waals surface area contributed by atoms with Crippen LogP contribution in [-0.2, 0) is 0 Å². The third kappa shape index (κ3) is 2.83. The Bertz CT molecular complexity index is 348. The maximum Gasteiger partial charge on any atom is -0.0199 e. The number of fused-ring (bicyclic) bond motifs is 4. The van der Waals surface area contributed by atoms with Gasteiger partial charge in [0.2, 0.25) is 0 Å². The van der Waals surface area contributed by atoms with Gasteiger partial charge in [-0.15, -0.1) is 0 Å². The van der Waals surface area contributed by atoms with Crippen LogP contribution >= 0.6 is 0 Å². The zero-order chi connectivity index (χ0) is 13.4. The van der Waals surface area contributed by atoms with Crippen LogP contribution in [0.5, 0.6) is 0 Å². The fourth-order valence-corrected chi connectivity index (χ4v) is 4.83. The van der Waals surface area contributed by atoms with Crippen molar-refractivity contribution in [2.75, 3.05) is 0 Å². The van der Waals surface area contributed by atoms with Crippen LogP contribution in [0, 0.1) is 41.4 Å². The second-order valence-electron chi connectivity index (χ2n) is 7.82. The molecule has 0 aromatic rings. The fourth-order valence-electron chi connectivity index (χ4n) is 4.83. The first-order valence-corrected chi connectivity index (χ1v) is 8.50. The third-order valence-electron chi connectivity index (χ3n) is 5.98. The van der Waals surface area contributed by atoms with Gasteiger partial charge in [0.05, 0.1) is 0 Å². The molecule has 0 aliphatic heterocycles. The van der Waals surface area contributed by atoms with Crippen LogP contribution in [0.3, 0.4) is 0 Å². The van der Waals surface area contributed by atoms with Crippen molar-refractivity contribution < 1.29 is 0 Å². The van der Waals surface area contributed by atoms with Gasteiger partial charge in [-0.05, 0) is 73.5 Å². The van der Waals surface area contributed by atoms with Crippen molar-refractivity contribution >= 4 is 0 Å². The van der Waals surface area contributed by atoms with Crippen LogP contribution in [0.4, 0.5) is 0 Å². The minimum absolute atomic E-state index is 0.896. The van der Waals surface area contributed by atoms with Crippen molar-refractivity contribution in [2.45, 2.75) is 52.9 Å². The molecular weight excluding hydrogens is 228 g/mol. The second kappa shape index (κ2) is 5.46. The van der Waals surface area contributed by atoms with Gasteiger partial charge in [0, 0.05) is 0 Å². The Morgan fingerprint density at radius 1 is 0.895 bits per heavy atom. The Morgan fingerprint density at radius 3 is 1.84 bits per heavy atom. The first-order chi connectivity index (χ1) is 9.13. The molecule has 0 spiro atoms. The largest absolute Gasteiger partial charge is 0.0851 e. The van der Waals surface area contributed by atoms with Gasteiger partial charge in [0.1, 0.15) is 0 Å². The fraction of sp³-hybridized carbons (Fsp3) is 0.789. The van der Waals surface area contributed by atoms with Gasteiger partial charge < -0.3 is 0 Å². The number of rotatable bonds is 2. The van der Waals surface area contributed by atoms with Gasteiger partial charge in [-0.2, -0.15) is 0 Å². The zero-order valence-corrected chi connectivity index (χ0v) is 12.9. The molecule has 0 N–H and O–H groups in total. The van der Waals surface area contributed by atoms with E-state index in [1.807, 2.05) is 0 Å². The molecule has 5 unspecified atom stereocenters. The van der Waals surface area contributed by atoms with E-state index in [4.69, 9.17) is 0 Å². The van der Waals surface area contributed by atoms with Crippen molar-refractivity contribution in [1.29, 1.82) is 0 Å². The molecule has 0 saturated heterocycles. The first kappa shape index (κ1) is 13.5. The second-order valence-corrected chi connectivity index (χ2v) is 7.82. The Kier molecular flexibility index (Phi) is 3.87. The molecule has 5 atom stereocenters. The van der Waals surface area contributed by atoms with Gasteiger partial charge in [0.25, 0.3) is 0 Å². The molecule has 4 bridgehead atoms. The Balaban J connectivity index is 0.000000122. The predicted molar refractivity (Wildman–Crippen MR) is 82.8 cm³/mol. The van der Waals surface area contributed by atoms with Crippen molar-refractivity contribution in [2.24, 2.45) is 41.4 Å². The molecule has 0 aromatic heterocycles. The summed E-state index contributed by atoms with van der Waals surface area (Å²) < 4.78 is 0. The lowest BCUT2D eigenvalue weighted by Crippen LogP contribution is -2.09. The quantitative estimate of drug-likeness (QED) is 0.577. The van der Waals surface area contributed by atoms with Gasteiger partial charge in [-0.3, -0.25) is 0 Å². The summed E-state index contributed by atoms with van der Waals surface area (Å²) in [5.74, 6) is 6.75. The molecule has 19 heavy (non-hydrogen) atoms. The number of hydrogen-bond donors (Lipinski definition) is 0. The van der Waals surface area contributed by atoms with Gasteiger partial charge in [0.15, 0.2) is 0 Å². The van der Waals surface area contributed by atoms with Crippen LogP contribution in [0.15, 0.2) is 24.3 Å². The van der Waals surface area contributed by atoms with E-state index in [0.29, 0.717) is 0 Å². The smallest absolute Gasteiger partial charge is 0.0199 e. The summed E-state index contributed by atoms with van der Waals surface area (Å²) in [6.07, 6.45) is 17.0. The van der Waals surface area contributed by atoms with Crippen LogP contribution in [-0.4, -0.2) is 0 Å². The van der Waals surface area contributed by atoms with Crippen molar-refractivity contribution in [1.82, 2.24) is 0 Å². The highest BCUT2D eigenvalue weighted by atomic mass is 14.4. The van der Waals surface area contributed by atoms with E-state index in [1.165, 1.54) is 32.1 Å². The third-order valence-corrected chi connectivity index (χ3v) is 5.98. The van der Waals surface area contributed by atoms with Crippen LogP contribution in [0.1, 0.15) is 52.9 Å². The van der Waals surface area contributed by atoms with E-state index in [2.05, 4.69) is 45.1 Å². The number of allylic oxidation sites excluding steroid dienone is 4. The average Bonchev–Trinajstić information content (AvgIpc) is 3.13. The predicted octanol–water partition coefficient (Wildman–Crippen LogP) is 5.46. The standard InChI is InChI=1S/C11H18.C8H12/c1-8(2)5-11-7-9-3-4-10(11)6-9;1-6-7-2-3-8(6)5-4-7/h3-4,8-11H,5-7H2,1-2H3;2-3,6-8H,4-5H2,1H3. The van der Waals surface area contributed by atoms with Gasteiger partial charge in [-0.25, -0.2) is 0 Å². The molecule has 0 amide bonds. The minimum Gasteiger partial charge on any atom is -0.0851 e. The molecule has 0 heteroatoms. The summed E-state index contributed by atoms with van der Waals surface area (Å²) in [4.78, 5) is 0. The molecule has 4 aliphatic carbocycles. The Labute approximate surface area is 119 Å². The van der Waals surface area contributed by atoms with Crippen molar-refractivity contribution in [3.63, 3.8) is 0 Å². The lowest BCUT2D eigenvalue weighted by Gasteiger charge is -2.19. The van der Waals surface area contributed by atoms with Crippen molar-refractivity contribution in [3.05, 3.63) is 24.3 Å². The maximum absolute atomic E-state index is 2.46. The highest BCUT2D eigenvalue weighted by molar-refractivity contribution is 5.10. The Morgan fingerprint density at radius 2 is 1.53 bits per heavy atom. The molecule has 0 heterocycles. The van der Waals surface area contributed by atoms with E-state index in [1.54, 1.807) is 0 Å². The summed E-state index contributed by atoms with van der Waals surface area (Å²) in [7, 11) is 0. The summed E-state index contributed by atoms with van der Waals surface area (Å²) in [6, 6.07) is 0. The monoisotopic (exact) mass is 258 g/mol. The molecular formula is C19H30. The molecule has 4 rings (SSSR count). The molecule has 2 saturated carbocycles. The van der Waals surface area contributed by atoms with E-state index < -0.39 is 0 Å². The molecule has 2 fully saturated rings. The Hall–Kier alpha value is -0.520. The zero-order valence-electron chi connectivity index (χ0n) is 12.9. The summed E-state index contributed by atoms with van der Waals surface area (Å²) >= 11 is 0. The number of hydrogen-bond acceptors (Lipinski definition) is 0. The highest BCUT2D eigenvalue weighted by Gasteiger charge is 2.35. The van der Waals surface area contributed by atoms with Crippen molar-refractivity contribution in [3.8, 4) is 0 Å². The highest BCUT2D eigenvalue weighted by Crippen LogP contribution is 2.46. The SMILES string of the molecule is CC(C)CC1CC2C=CC1C2.CC1C2C=CC1CC2. The molecule has 106 valence electrons. The molecule has 0 aromatic carbocycles. The lowest BCUT2D eigenvalue weighted by molar-refractivity contribution is 0.359. The van der Waals surface area contributed by atoms with Crippen LogP contribution in [0.2, 0.25) is 0 Å². The molecule has 4 aliphatic rings.